The molecular weight excluding hydrogens is 547 g/mol. The fourth-order valence-corrected chi connectivity index (χ4v) is 4.98. The molecule has 0 fully saturated rings. The van der Waals surface area contributed by atoms with E-state index in [0.717, 1.165) is 22.7 Å². The Morgan fingerprint density at radius 2 is 0.900 bits per heavy atom. The normalized spacial score (nSPS) is 12.2. The van der Waals surface area contributed by atoms with Crippen molar-refractivity contribution in [3.05, 3.63) is 106 Å². The Hall–Kier alpha value is -4.92. The van der Waals surface area contributed by atoms with E-state index >= 15 is 0 Å². The topological polar surface area (TPSA) is 119 Å². The summed E-state index contributed by atoms with van der Waals surface area (Å²) < 4.78 is 12.5. The number of anilines is 6. The number of nitrogens with zero attached hydrogens (tertiary/aromatic N) is 2. The molecule has 0 radical (unpaired) electrons. The first kappa shape index (κ1) is 24.1. The van der Waals surface area contributed by atoms with Crippen molar-refractivity contribution in [2.45, 2.75) is 0 Å². The molecule has 0 atom stereocenters. The lowest BCUT2D eigenvalue weighted by molar-refractivity contribution is 0.451. The standard InChI is InChI=1S/C30H20Cl2N6O2/c31-25-28-30(40-24-14-20(10-12-22(24)38-28)36-18-7-3-16(34)4-8-18)26(32)27-29(25)39-23-13-19(9-11-21(23)37-27)35-17-5-1-15(33)2-6-17/h1-14,35-36H,33-34H2. The first-order valence-electron chi connectivity index (χ1n) is 12.3. The molecule has 2 aliphatic rings. The van der Waals surface area contributed by atoms with Crippen LogP contribution in [0.1, 0.15) is 0 Å². The summed E-state index contributed by atoms with van der Waals surface area (Å²) in [6.07, 6.45) is 0. The highest BCUT2D eigenvalue weighted by molar-refractivity contribution is 6.35. The third kappa shape index (κ3) is 4.29. The Bertz CT molecular complexity index is 1800. The third-order valence-electron chi connectivity index (χ3n) is 6.45. The fourth-order valence-electron chi connectivity index (χ4n) is 4.47. The van der Waals surface area contributed by atoms with Crippen molar-refractivity contribution in [2.24, 2.45) is 9.98 Å². The summed E-state index contributed by atoms with van der Waals surface area (Å²) in [7, 11) is 0. The zero-order valence-electron chi connectivity index (χ0n) is 20.7. The van der Waals surface area contributed by atoms with Crippen molar-refractivity contribution in [3.8, 4) is 23.0 Å². The van der Waals surface area contributed by atoms with Crippen molar-refractivity contribution in [2.75, 3.05) is 22.1 Å². The molecule has 0 saturated heterocycles. The molecule has 0 bridgehead atoms. The van der Waals surface area contributed by atoms with Gasteiger partial charge in [-0.1, -0.05) is 23.2 Å². The molecule has 196 valence electrons. The van der Waals surface area contributed by atoms with Crippen molar-refractivity contribution < 1.29 is 9.47 Å². The van der Waals surface area contributed by atoms with Crippen molar-refractivity contribution >= 4 is 68.7 Å². The molecule has 6 N–H and O–H groups in total. The Labute approximate surface area is 238 Å². The third-order valence-corrected chi connectivity index (χ3v) is 7.15. The molecule has 5 aromatic rings. The molecule has 0 saturated carbocycles. The lowest BCUT2D eigenvalue weighted by Gasteiger charge is -2.21. The van der Waals surface area contributed by atoms with E-state index in [1.165, 1.54) is 0 Å². The number of hydrogen-bond donors (Lipinski definition) is 4. The maximum Gasteiger partial charge on any atom is 0.175 e. The number of halogens is 2. The lowest BCUT2D eigenvalue weighted by Crippen LogP contribution is -2.22. The molecule has 40 heavy (non-hydrogen) atoms. The fraction of sp³-hybridized carbons (Fsp3) is 0. The van der Waals surface area contributed by atoms with Gasteiger partial charge in [0.15, 0.2) is 23.0 Å². The van der Waals surface area contributed by atoms with E-state index in [4.69, 9.17) is 54.1 Å². The molecule has 5 aromatic carbocycles. The Kier molecular flexibility index (Phi) is 5.66. The summed E-state index contributed by atoms with van der Waals surface area (Å²) in [5, 5.41) is 7.94. The second kappa shape index (κ2) is 9.37. The smallest absolute Gasteiger partial charge is 0.175 e. The minimum atomic E-state index is 0.260. The molecule has 2 aliphatic heterocycles. The Balaban J connectivity index is 1.23. The molecule has 8 nitrogen and oxygen atoms in total. The summed E-state index contributed by atoms with van der Waals surface area (Å²) in [4.78, 5) is 9.49. The van der Waals surface area contributed by atoms with Gasteiger partial charge in [0.05, 0.1) is 0 Å². The highest BCUT2D eigenvalue weighted by Gasteiger charge is 2.27. The van der Waals surface area contributed by atoms with E-state index in [1.54, 1.807) is 0 Å². The van der Waals surface area contributed by atoms with E-state index in [2.05, 4.69) is 10.6 Å². The summed E-state index contributed by atoms with van der Waals surface area (Å²) in [5.41, 5.74) is 17.6. The molecule has 0 spiro atoms. The van der Waals surface area contributed by atoms with Gasteiger partial charge in [-0.15, -0.1) is 0 Å². The van der Waals surface area contributed by atoms with Gasteiger partial charge >= 0.3 is 0 Å². The second-order valence-electron chi connectivity index (χ2n) is 9.27. The number of fused-ring (bicyclic) bond motifs is 4. The lowest BCUT2D eigenvalue weighted by atomic mass is 10.2. The van der Waals surface area contributed by atoms with E-state index in [1.807, 2.05) is 84.9 Å². The Morgan fingerprint density at radius 3 is 1.30 bits per heavy atom. The van der Waals surface area contributed by atoms with E-state index in [0.29, 0.717) is 56.5 Å². The van der Waals surface area contributed by atoms with Crippen molar-refractivity contribution in [1.29, 1.82) is 0 Å². The summed E-state index contributed by atoms with van der Waals surface area (Å²) in [6, 6.07) is 26.1. The second-order valence-corrected chi connectivity index (χ2v) is 10.0. The number of benzene rings is 5. The molecule has 0 aliphatic carbocycles. The van der Waals surface area contributed by atoms with Crippen molar-refractivity contribution in [1.82, 2.24) is 0 Å². The van der Waals surface area contributed by atoms with Gasteiger partial charge in [-0.3, -0.25) is 0 Å². The first-order chi connectivity index (χ1) is 19.4. The van der Waals surface area contributed by atoms with Gasteiger partial charge < -0.3 is 31.6 Å². The zero-order chi connectivity index (χ0) is 27.4. The van der Waals surface area contributed by atoms with Gasteiger partial charge in [0, 0.05) is 46.3 Å². The summed E-state index contributed by atoms with van der Waals surface area (Å²) in [6.45, 7) is 0. The van der Waals surface area contributed by atoms with E-state index < -0.39 is 0 Å². The van der Waals surface area contributed by atoms with Crippen LogP contribution in [0.2, 0.25) is 10.0 Å². The van der Waals surface area contributed by atoms with Gasteiger partial charge in [-0.25, -0.2) is 9.98 Å². The van der Waals surface area contributed by atoms with Gasteiger partial charge in [-0.2, -0.15) is 0 Å². The van der Waals surface area contributed by atoms with E-state index in [-0.39, 0.29) is 10.0 Å². The average Bonchev–Trinajstić information content (AvgIpc) is 2.97. The quantitative estimate of drug-likeness (QED) is 0.162. The van der Waals surface area contributed by atoms with Gasteiger partial charge in [-0.05, 0) is 72.8 Å². The van der Waals surface area contributed by atoms with Gasteiger partial charge in [0.25, 0.3) is 0 Å². The SMILES string of the molecule is Nc1ccc(Nc2ccc3c(c2)Oc2c(Cl)c4c(c(Cl)c2=N3)Oc2cc(Nc3ccc(N)cc3)ccc2N=4)cc1. The molecule has 0 unspecified atom stereocenters. The predicted octanol–water partition coefficient (Wildman–Crippen LogP) is 7.76. The number of nitrogens with two attached hydrogens (primary N) is 2. The number of rotatable bonds is 4. The maximum atomic E-state index is 6.82. The highest BCUT2D eigenvalue weighted by atomic mass is 35.5. The van der Waals surface area contributed by atoms with Crippen LogP contribution in [0, 0.1) is 0 Å². The molecular formula is C30H20Cl2N6O2. The van der Waals surface area contributed by atoms with E-state index in [9.17, 15) is 0 Å². The first-order valence-corrected chi connectivity index (χ1v) is 13.0. The molecule has 7 rings (SSSR count). The molecule has 2 heterocycles. The number of nitrogens with one attached hydrogen (secondary N) is 2. The molecule has 0 aromatic heterocycles. The molecule has 10 heteroatoms. The van der Waals surface area contributed by atoms with Crippen LogP contribution in [-0.4, -0.2) is 0 Å². The number of ether oxygens (including phenoxy) is 2. The molecule has 0 amide bonds. The average molecular weight is 567 g/mol. The van der Waals surface area contributed by atoms with Crippen LogP contribution in [0.3, 0.4) is 0 Å². The largest absolute Gasteiger partial charge is 0.451 e. The minimum Gasteiger partial charge on any atom is -0.451 e. The number of nitrogen functional groups attached to an aromatic ring is 2. The van der Waals surface area contributed by atoms with Gasteiger partial charge in [0.2, 0.25) is 0 Å². The van der Waals surface area contributed by atoms with Crippen LogP contribution in [0.25, 0.3) is 0 Å². The highest BCUT2D eigenvalue weighted by Crippen LogP contribution is 2.44. The van der Waals surface area contributed by atoms with Crippen LogP contribution in [-0.2, 0) is 0 Å². The number of hydrogen-bond acceptors (Lipinski definition) is 8. The predicted molar refractivity (Wildman–Crippen MR) is 159 cm³/mol. The van der Waals surface area contributed by atoms with Crippen LogP contribution >= 0.6 is 23.2 Å². The maximum absolute atomic E-state index is 6.82. The summed E-state index contributed by atoms with van der Waals surface area (Å²) in [5.74, 6) is 1.70. The minimum absolute atomic E-state index is 0.260. The van der Waals surface area contributed by atoms with Crippen LogP contribution in [0.5, 0.6) is 23.0 Å². The summed E-state index contributed by atoms with van der Waals surface area (Å²) >= 11 is 13.6. The van der Waals surface area contributed by atoms with Crippen molar-refractivity contribution in [3.63, 3.8) is 0 Å². The zero-order valence-corrected chi connectivity index (χ0v) is 22.2. The van der Waals surface area contributed by atoms with Crippen LogP contribution in [0.15, 0.2) is 94.9 Å². The monoisotopic (exact) mass is 566 g/mol. The van der Waals surface area contributed by atoms with Gasteiger partial charge in [0.1, 0.15) is 32.1 Å². The van der Waals surface area contributed by atoms with Crippen LogP contribution in [0.4, 0.5) is 45.5 Å². The Morgan fingerprint density at radius 1 is 0.525 bits per heavy atom. The van der Waals surface area contributed by atoms with Crippen LogP contribution < -0.4 is 42.3 Å².